The maximum absolute atomic E-state index is 12.6. The van der Waals surface area contributed by atoms with Crippen molar-refractivity contribution in [3.8, 4) is 0 Å². The van der Waals surface area contributed by atoms with Gasteiger partial charge in [0.1, 0.15) is 10.7 Å². The standard InChI is InChI=1S/C17H10Cl2N2O4/c18-10-4-6-12(7-5-10)21-15(22)13(19)14(16(21)23)20-11-3-1-2-9(8-11)17(24)25/h1-8,20H,(H,24,25). The number of carbonyl (C=O) groups is 3. The number of hydrogen-bond donors (Lipinski definition) is 2. The van der Waals surface area contributed by atoms with Crippen LogP contribution >= 0.6 is 23.2 Å². The summed E-state index contributed by atoms with van der Waals surface area (Å²) < 4.78 is 0. The van der Waals surface area contributed by atoms with Crippen LogP contribution in [0.3, 0.4) is 0 Å². The van der Waals surface area contributed by atoms with Crippen LogP contribution in [0, 0.1) is 0 Å². The molecule has 1 aliphatic heterocycles. The molecule has 3 rings (SSSR count). The fourth-order valence-corrected chi connectivity index (χ4v) is 2.65. The number of carbonyl (C=O) groups excluding carboxylic acids is 2. The van der Waals surface area contributed by atoms with E-state index in [9.17, 15) is 14.4 Å². The first-order valence-corrected chi connectivity index (χ1v) is 7.78. The molecule has 2 amide bonds. The van der Waals surface area contributed by atoms with Crippen molar-refractivity contribution in [2.45, 2.75) is 0 Å². The molecule has 25 heavy (non-hydrogen) atoms. The highest BCUT2D eigenvalue weighted by Crippen LogP contribution is 2.30. The third-order valence-electron chi connectivity index (χ3n) is 3.49. The predicted octanol–water partition coefficient (Wildman–Crippen LogP) is 3.47. The summed E-state index contributed by atoms with van der Waals surface area (Å²) in [6.07, 6.45) is 0. The number of imide groups is 1. The molecule has 0 aliphatic carbocycles. The van der Waals surface area contributed by atoms with Gasteiger partial charge in [0.25, 0.3) is 11.8 Å². The third kappa shape index (κ3) is 3.22. The summed E-state index contributed by atoms with van der Waals surface area (Å²) in [5.41, 5.74) is 0.568. The Labute approximate surface area is 152 Å². The van der Waals surface area contributed by atoms with Crippen LogP contribution in [0.1, 0.15) is 10.4 Å². The summed E-state index contributed by atoms with van der Waals surface area (Å²) >= 11 is 11.8. The van der Waals surface area contributed by atoms with E-state index in [1.54, 1.807) is 18.2 Å². The van der Waals surface area contributed by atoms with Gasteiger partial charge in [0.2, 0.25) is 0 Å². The minimum atomic E-state index is -1.11. The minimum absolute atomic E-state index is 0.0352. The van der Waals surface area contributed by atoms with Crippen LogP contribution in [0.2, 0.25) is 5.02 Å². The Bertz CT molecular complexity index is 923. The molecule has 0 spiro atoms. The Hall–Kier alpha value is -2.83. The van der Waals surface area contributed by atoms with Crippen LogP contribution in [0.5, 0.6) is 0 Å². The van der Waals surface area contributed by atoms with Crippen molar-refractivity contribution in [3.05, 3.63) is 69.8 Å². The van der Waals surface area contributed by atoms with Gasteiger partial charge in [-0.1, -0.05) is 29.3 Å². The molecule has 6 nitrogen and oxygen atoms in total. The Morgan fingerprint density at radius 1 is 1.00 bits per heavy atom. The zero-order valence-electron chi connectivity index (χ0n) is 12.5. The molecule has 0 aromatic heterocycles. The fourth-order valence-electron chi connectivity index (χ4n) is 2.31. The SMILES string of the molecule is O=C(O)c1cccc(NC2=C(Cl)C(=O)N(c3ccc(Cl)cc3)C2=O)c1. The summed E-state index contributed by atoms with van der Waals surface area (Å²) in [6.45, 7) is 0. The molecule has 0 unspecified atom stereocenters. The van der Waals surface area contributed by atoms with E-state index in [2.05, 4.69) is 5.32 Å². The van der Waals surface area contributed by atoms with Crippen molar-refractivity contribution < 1.29 is 19.5 Å². The van der Waals surface area contributed by atoms with E-state index in [-0.39, 0.29) is 16.3 Å². The van der Waals surface area contributed by atoms with E-state index in [0.29, 0.717) is 16.4 Å². The van der Waals surface area contributed by atoms with Crippen molar-refractivity contribution in [2.24, 2.45) is 0 Å². The smallest absolute Gasteiger partial charge is 0.335 e. The Morgan fingerprint density at radius 2 is 1.68 bits per heavy atom. The summed E-state index contributed by atoms with van der Waals surface area (Å²) in [4.78, 5) is 36.9. The van der Waals surface area contributed by atoms with E-state index in [0.717, 1.165) is 4.90 Å². The second kappa shape index (κ2) is 6.58. The van der Waals surface area contributed by atoms with Crippen molar-refractivity contribution in [1.29, 1.82) is 0 Å². The Kier molecular flexibility index (Phi) is 4.48. The molecule has 0 radical (unpaired) electrons. The number of carboxylic acids is 1. The number of aromatic carboxylic acids is 1. The average Bonchev–Trinajstić information content (AvgIpc) is 2.80. The van der Waals surface area contributed by atoms with E-state index in [1.165, 1.54) is 30.3 Å². The molecule has 1 heterocycles. The van der Waals surface area contributed by atoms with E-state index < -0.39 is 17.8 Å². The normalized spacial score (nSPS) is 14.2. The molecule has 0 fully saturated rings. The first-order valence-electron chi connectivity index (χ1n) is 7.03. The van der Waals surface area contributed by atoms with Gasteiger partial charge in [0, 0.05) is 10.7 Å². The second-order valence-corrected chi connectivity index (χ2v) is 5.94. The van der Waals surface area contributed by atoms with Gasteiger partial charge in [-0.05, 0) is 42.5 Å². The minimum Gasteiger partial charge on any atom is -0.478 e. The zero-order chi connectivity index (χ0) is 18.1. The zero-order valence-corrected chi connectivity index (χ0v) is 14.0. The second-order valence-electron chi connectivity index (χ2n) is 5.12. The molecule has 0 bridgehead atoms. The molecule has 1 aliphatic rings. The van der Waals surface area contributed by atoms with Crippen LogP contribution in [-0.2, 0) is 9.59 Å². The maximum Gasteiger partial charge on any atom is 0.335 e. The van der Waals surface area contributed by atoms with Gasteiger partial charge < -0.3 is 10.4 Å². The number of nitrogens with zero attached hydrogens (tertiary/aromatic N) is 1. The number of hydrogen-bond acceptors (Lipinski definition) is 4. The van der Waals surface area contributed by atoms with Crippen LogP contribution in [0.25, 0.3) is 0 Å². The lowest BCUT2D eigenvalue weighted by Crippen LogP contribution is -2.32. The highest BCUT2D eigenvalue weighted by Gasteiger charge is 2.38. The largest absolute Gasteiger partial charge is 0.478 e. The van der Waals surface area contributed by atoms with Crippen molar-refractivity contribution in [3.63, 3.8) is 0 Å². The fraction of sp³-hybridized carbons (Fsp3) is 0. The van der Waals surface area contributed by atoms with Crippen LogP contribution in [0.4, 0.5) is 11.4 Å². The van der Waals surface area contributed by atoms with Crippen LogP contribution in [-0.4, -0.2) is 22.9 Å². The number of nitrogens with one attached hydrogen (secondary N) is 1. The van der Waals surface area contributed by atoms with Crippen LogP contribution < -0.4 is 10.2 Å². The van der Waals surface area contributed by atoms with Gasteiger partial charge in [-0.2, -0.15) is 0 Å². The lowest BCUT2D eigenvalue weighted by Gasteiger charge is -2.15. The van der Waals surface area contributed by atoms with E-state index in [4.69, 9.17) is 28.3 Å². The summed E-state index contributed by atoms with van der Waals surface area (Å²) in [6, 6.07) is 12.0. The van der Waals surface area contributed by atoms with Gasteiger partial charge >= 0.3 is 5.97 Å². The van der Waals surface area contributed by atoms with E-state index in [1.807, 2.05) is 0 Å². The molecule has 0 atom stereocenters. The molecule has 0 saturated carbocycles. The van der Waals surface area contributed by atoms with Crippen molar-refractivity contribution in [2.75, 3.05) is 10.2 Å². The first-order chi connectivity index (χ1) is 11.9. The summed E-state index contributed by atoms with van der Waals surface area (Å²) in [7, 11) is 0. The summed E-state index contributed by atoms with van der Waals surface area (Å²) in [5.74, 6) is -2.43. The molecule has 2 aromatic carbocycles. The lowest BCUT2D eigenvalue weighted by molar-refractivity contribution is -0.120. The topological polar surface area (TPSA) is 86.7 Å². The molecular weight excluding hydrogens is 367 g/mol. The van der Waals surface area contributed by atoms with Gasteiger partial charge in [0.15, 0.2) is 0 Å². The highest BCUT2D eigenvalue weighted by atomic mass is 35.5. The number of carboxylic acid groups (broad SMARTS) is 1. The quantitative estimate of drug-likeness (QED) is 0.797. The number of amides is 2. The lowest BCUT2D eigenvalue weighted by atomic mass is 10.2. The molecule has 2 aromatic rings. The Balaban J connectivity index is 1.91. The van der Waals surface area contributed by atoms with Gasteiger partial charge in [-0.15, -0.1) is 0 Å². The van der Waals surface area contributed by atoms with Crippen molar-refractivity contribution in [1.82, 2.24) is 0 Å². The highest BCUT2D eigenvalue weighted by molar-refractivity contribution is 6.53. The maximum atomic E-state index is 12.6. The van der Waals surface area contributed by atoms with Gasteiger partial charge in [0.05, 0.1) is 11.3 Å². The number of rotatable bonds is 4. The monoisotopic (exact) mass is 376 g/mol. The van der Waals surface area contributed by atoms with Gasteiger partial charge in [-0.3, -0.25) is 9.59 Å². The molecule has 2 N–H and O–H groups in total. The third-order valence-corrected chi connectivity index (χ3v) is 4.09. The number of halogens is 2. The number of anilines is 2. The van der Waals surface area contributed by atoms with E-state index >= 15 is 0 Å². The van der Waals surface area contributed by atoms with Crippen LogP contribution in [0.15, 0.2) is 59.3 Å². The average molecular weight is 377 g/mol. The first kappa shape index (κ1) is 17.0. The molecule has 0 saturated heterocycles. The molecule has 8 heteroatoms. The predicted molar refractivity (Wildman–Crippen MR) is 93.8 cm³/mol. The number of benzene rings is 2. The van der Waals surface area contributed by atoms with Gasteiger partial charge in [-0.25, -0.2) is 9.69 Å². The molecular formula is C17H10Cl2N2O4. The van der Waals surface area contributed by atoms with Crippen molar-refractivity contribution >= 4 is 52.4 Å². The Morgan fingerprint density at radius 3 is 2.32 bits per heavy atom. The molecule has 126 valence electrons. The summed E-state index contributed by atoms with van der Waals surface area (Å²) in [5, 5.41) is 11.9.